The van der Waals surface area contributed by atoms with Crippen LogP contribution in [0.2, 0.25) is 0 Å². The van der Waals surface area contributed by atoms with Gasteiger partial charge in [0.05, 0.1) is 12.7 Å². The lowest BCUT2D eigenvalue weighted by molar-refractivity contribution is -0.123. The minimum absolute atomic E-state index is 0.204. The summed E-state index contributed by atoms with van der Waals surface area (Å²) >= 11 is 0. The van der Waals surface area contributed by atoms with Crippen LogP contribution < -0.4 is 25.9 Å². The molecule has 0 bridgehead atoms. The Kier molecular flexibility index (Phi) is 5.35. The van der Waals surface area contributed by atoms with E-state index in [0.717, 1.165) is 0 Å². The fourth-order valence-corrected chi connectivity index (χ4v) is 1.67. The normalized spacial score (nSPS) is 9.78. The molecule has 0 fully saturated rings. The summed E-state index contributed by atoms with van der Waals surface area (Å²) in [5.74, 6) is -0.199. The van der Waals surface area contributed by atoms with Crippen molar-refractivity contribution in [2.45, 2.75) is 0 Å². The van der Waals surface area contributed by atoms with Crippen LogP contribution in [0.4, 0.5) is 0 Å². The highest BCUT2D eigenvalue weighted by Gasteiger charge is 2.09. The van der Waals surface area contributed by atoms with Gasteiger partial charge < -0.3 is 14.5 Å². The Bertz CT molecular complexity index is 736. The Labute approximate surface area is 131 Å². The van der Waals surface area contributed by atoms with Crippen molar-refractivity contribution in [1.82, 2.24) is 15.8 Å². The molecular formula is C15H15N3O5. The predicted molar refractivity (Wildman–Crippen MR) is 81.2 cm³/mol. The van der Waals surface area contributed by atoms with Gasteiger partial charge in [-0.25, -0.2) is 0 Å². The van der Waals surface area contributed by atoms with E-state index in [0.29, 0.717) is 11.5 Å². The fraction of sp³-hybridized carbons (Fsp3) is 0.133. The minimum Gasteiger partial charge on any atom is -0.493 e. The second-order valence-corrected chi connectivity index (χ2v) is 4.38. The van der Waals surface area contributed by atoms with Crippen LogP contribution in [-0.2, 0) is 4.79 Å². The standard InChI is InChI=1S/C15H15N3O5/c1-22-11-4-2-3-5-12(11)23-9-14(20)17-18-15(21)10-6-7-13(19)16-8-10/h2-8H,9H2,1H3,(H,16,19)(H,17,20)(H,18,21). The van der Waals surface area contributed by atoms with E-state index in [9.17, 15) is 14.4 Å². The van der Waals surface area contributed by atoms with E-state index in [1.165, 1.54) is 25.4 Å². The average Bonchev–Trinajstić information content (AvgIpc) is 2.58. The first-order chi connectivity index (χ1) is 11.1. The number of aromatic nitrogens is 1. The molecule has 120 valence electrons. The van der Waals surface area contributed by atoms with Gasteiger partial charge in [0.1, 0.15) is 0 Å². The van der Waals surface area contributed by atoms with Crippen LogP contribution in [0.25, 0.3) is 0 Å². The van der Waals surface area contributed by atoms with E-state index in [-0.39, 0.29) is 17.7 Å². The number of H-pyrrole nitrogens is 1. The second kappa shape index (κ2) is 7.64. The lowest BCUT2D eigenvalue weighted by Gasteiger charge is -2.11. The number of pyridine rings is 1. The van der Waals surface area contributed by atoms with Crippen molar-refractivity contribution in [3.05, 3.63) is 58.5 Å². The largest absolute Gasteiger partial charge is 0.493 e. The highest BCUT2D eigenvalue weighted by Crippen LogP contribution is 2.25. The number of carbonyl (C=O) groups is 2. The van der Waals surface area contributed by atoms with Crippen LogP contribution >= 0.6 is 0 Å². The molecular weight excluding hydrogens is 302 g/mol. The van der Waals surface area contributed by atoms with Gasteiger partial charge >= 0.3 is 0 Å². The number of methoxy groups -OCH3 is 1. The molecule has 0 unspecified atom stereocenters. The third kappa shape index (κ3) is 4.60. The molecule has 0 atom stereocenters. The highest BCUT2D eigenvalue weighted by atomic mass is 16.5. The van der Waals surface area contributed by atoms with Crippen LogP contribution in [-0.4, -0.2) is 30.5 Å². The molecule has 2 aromatic rings. The second-order valence-electron chi connectivity index (χ2n) is 4.38. The number of aromatic amines is 1. The van der Waals surface area contributed by atoms with Crippen molar-refractivity contribution in [3.8, 4) is 11.5 Å². The maximum atomic E-state index is 11.7. The van der Waals surface area contributed by atoms with Gasteiger partial charge in [-0.05, 0) is 18.2 Å². The van der Waals surface area contributed by atoms with Crippen LogP contribution in [0.15, 0.2) is 47.4 Å². The van der Waals surface area contributed by atoms with Crippen LogP contribution in [0, 0.1) is 0 Å². The van der Waals surface area contributed by atoms with E-state index in [2.05, 4.69) is 15.8 Å². The van der Waals surface area contributed by atoms with E-state index >= 15 is 0 Å². The first kappa shape index (κ1) is 16.1. The topological polar surface area (TPSA) is 110 Å². The zero-order valence-electron chi connectivity index (χ0n) is 12.3. The lowest BCUT2D eigenvalue weighted by Crippen LogP contribution is -2.43. The summed E-state index contributed by atoms with van der Waals surface area (Å²) < 4.78 is 10.4. The number of hydrazine groups is 1. The molecule has 0 aliphatic heterocycles. The summed E-state index contributed by atoms with van der Waals surface area (Å²) in [6, 6.07) is 9.42. The SMILES string of the molecule is COc1ccccc1OCC(=O)NNC(=O)c1ccc(=O)[nH]c1. The van der Waals surface area contributed by atoms with Gasteiger partial charge in [-0.3, -0.25) is 25.2 Å². The third-order valence-corrected chi connectivity index (χ3v) is 2.79. The van der Waals surface area contributed by atoms with Gasteiger partial charge in [0, 0.05) is 12.3 Å². The first-order valence-electron chi connectivity index (χ1n) is 6.64. The number of para-hydroxylation sites is 2. The molecule has 8 nitrogen and oxygen atoms in total. The molecule has 1 aromatic carbocycles. The number of rotatable bonds is 5. The molecule has 0 radical (unpaired) electrons. The minimum atomic E-state index is -0.563. The zero-order chi connectivity index (χ0) is 16.7. The predicted octanol–water partition coefficient (Wildman–Crippen LogP) is 0.223. The van der Waals surface area contributed by atoms with Gasteiger partial charge in [0.2, 0.25) is 5.56 Å². The Hall–Kier alpha value is -3.29. The summed E-state index contributed by atoms with van der Waals surface area (Å²) in [5, 5.41) is 0. The summed E-state index contributed by atoms with van der Waals surface area (Å²) in [6.45, 7) is -0.299. The molecule has 1 heterocycles. The number of amides is 2. The molecule has 0 aliphatic carbocycles. The van der Waals surface area contributed by atoms with Gasteiger partial charge in [0.15, 0.2) is 18.1 Å². The number of benzene rings is 1. The molecule has 2 amide bonds. The molecule has 23 heavy (non-hydrogen) atoms. The van der Waals surface area contributed by atoms with Gasteiger partial charge in [-0.2, -0.15) is 0 Å². The smallest absolute Gasteiger partial charge is 0.276 e. The van der Waals surface area contributed by atoms with Gasteiger partial charge in [-0.1, -0.05) is 12.1 Å². The van der Waals surface area contributed by atoms with Crippen molar-refractivity contribution >= 4 is 11.8 Å². The molecule has 1 aromatic heterocycles. The van der Waals surface area contributed by atoms with E-state index in [4.69, 9.17) is 9.47 Å². The van der Waals surface area contributed by atoms with E-state index in [1.54, 1.807) is 24.3 Å². The van der Waals surface area contributed by atoms with Gasteiger partial charge in [-0.15, -0.1) is 0 Å². The van der Waals surface area contributed by atoms with Gasteiger partial charge in [0.25, 0.3) is 11.8 Å². The maximum absolute atomic E-state index is 11.7. The number of ether oxygens (including phenoxy) is 2. The fourth-order valence-electron chi connectivity index (χ4n) is 1.67. The lowest BCUT2D eigenvalue weighted by atomic mass is 10.3. The van der Waals surface area contributed by atoms with Crippen molar-refractivity contribution in [3.63, 3.8) is 0 Å². The summed E-state index contributed by atoms with van der Waals surface area (Å²) in [6.07, 6.45) is 1.25. The monoisotopic (exact) mass is 317 g/mol. The highest BCUT2D eigenvalue weighted by molar-refractivity contribution is 5.95. The zero-order valence-corrected chi connectivity index (χ0v) is 12.3. The Morgan fingerprint density at radius 3 is 2.48 bits per heavy atom. The van der Waals surface area contributed by atoms with E-state index in [1.807, 2.05) is 0 Å². The molecule has 0 aliphatic rings. The summed E-state index contributed by atoms with van der Waals surface area (Å²) in [7, 11) is 1.49. The number of carbonyl (C=O) groups excluding carboxylic acids is 2. The Balaban J connectivity index is 1.82. The molecule has 0 saturated carbocycles. The van der Waals surface area contributed by atoms with Crippen molar-refractivity contribution < 1.29 is 19.1 Å². The first-order valence-corrected chi connectivity index (χ1v) is 6.64. The molecule has 8 heteroatoms. The van der Waals surface area contributed by atoms with E-state index < -0.39 is 11.8 Å². The Morgan fingerprint density at radius 2 is 1.83 bits per heavy atom. The van der Waals surface area contributed by atoms with Crippen molar-refractivity contribution in [1.29, 1.82) is 0 Å². The number of hydrogen-bond acceptors (Lipinski definition) is 5. The molecule has 0 saturated heterocycles. The molecule has 3 N–H and O–H groups in total. The Morgan fingerprint density at radius 1 is 1.09 bits per heavy atom. The van der Waals surface area contributed by atoms with Crippen molar-refractivity contribution in [2.24, 2.45) is 0 Å². The van der Waals surface area contributed by atoms with Crippen LogP contribution in [0.5, 0.6) is 11.5 Å². The number of hydrogen-bond donors (Lipinski definition) is 3. The quantitative estimate of drug-likeness (QED) is 0.684. The average molecular weight is 317 g/mol. The maximum Gasteiger partial charge on any atom is 0.276 e. The molecule has 0 spiro atoms. The third-order valence-electron chi connectivity index (χ3n) is 2.79. The number of nitrogens with one attached hydrogen (secondary N) is 3. The van der Waals surface area contributed by atoms with Crippen LogP contribution in [0.3, 0.4) is 0 Å². The molecule has 2 rings (SSSR count). The summed E-state index contributed by atoms with van der Waals surface area (Å²) in [5.41, 5.74) is 4.30. The van der Waals surface area contributed by atoms with Crippen molar-refractivity contribution in [2.75, 3.05) is 13.7 Å². The van der Waals surface area contributed by atoms with Crippen LogP contribution in [0.1, 0.15) is 10.4 Å². The summed E-state index contributed by atoms with van der Waals surface area (Å²) in [4.78, 5) is 36.6.